The molecule has 0 saturated carbocycles. The number of carbonyl (C=O) groups is 1. The van der Waals surface area contributed by atoms with E-state index in [9.17, 15) is 4.79 Å². The Hall–Kier alpha value is -2.69. The summed E-state index contributed by atoms with van der Waals surface area (Å²) in [5, 5.41) is 12.2. The van der Waals surface area contributed by atoms with Crippen LogP contribution in [0.5, 0.6) is 11.5 Å². The Morgan fingerprint density at radius 1 is 0.935 bits per heavy atom. The third-order valence-corrected chi connectivity index (χ3v) is 4.22. The summed E-state index contributed by atoms with van der Waals surface area (Å²) >= 11 is 0. The molecular formula is C22H32IN5O3. The van der Waals surface area contributed by atoms with Gasteiger partial charge in [-0.2, -0.15) is 0 Å². The number of rotatable bonds is 8. The summed E-state index contributed by atoms with van der Waals surface area (Å²) in [6.07, 6.45) is 0. The average molecular weight is 541 g/mol. The minimum absolute atomic E-state index is 0. The Morgan fingerprint density at radius 2 is 1.52 bits per heavy atom. The number of ether oxygens (including phenoxy) is 2. The van der Waals surface area contributed by atoms with E-state index >= 15 is 0 Å². The van der Waals surface area contributed by atoms with E-state index in [0.29, 0.717) is 30.5 Å². The van der Waals surface area contributed by atoms with E-state index in [1.165, 1.54) is 0 Å². The van der Waals surface area contributed by atoms with Crippen LogP contribution in [0.15, 0.2) is 47.5 Å². The van der Waals surface area contributed by atoms with Gasteiger partial charge in [0.1, 0.15) is 0 Å². The zero-order valence-electron chi connectivity index (χ0n) is 18.6. The molecule has 170 valence electrons. The van der Waals surface area contributed by atoms with E-state index in [0.717, 1.165) is 16.8 Å². The van der Waals surface area contributed by atoms with Gasteiger partial charge in [-0.25, -0.2) is 4.79 Å². The van der Waals surface area contributed by atoms with Gasteiger partial charge >= 0.3 is 6.03 Å². The number of halogens is 1. The smallest absolute Gasteiger partial charge is 0.319 e. The lowest BCUT2D eigenvalue weighted by Gasteiger charge is -2.14. The molecule has 2 aromatic rings. The van der Waals surface area contributed by atoms with Crippen molar-refractivity contribution in [3.05, 3.63) is 53.6 Å². The van der Waals surface area contributed by atoms with Gasteiger partial charge in [-0.3, -0.25) is 4.99 Å². The van der Waals surface area contributed by atoms with Gasteiger partial charge in [-0.15, -0.1) is 24.0 Å². The van der Waals surface area contributed by atoms with Crippen LogP contribution in [0.1, 0.15) is 25.0 Å². The lowest BCUT2D eigenvalue weighted by molar-refractivity contribution is 0.250. The summed E-state index contributed by atoms with van der Waals surface area (Å²) < 4.78 is 10.6. The van der Waals surface area contributed by atoms with Crippen LogP contribution in [0.25, 0.3) is 0 Å². The first kappa shape index (κ1) is 26.3. The van der Waals surface area contributed by atoms with Gasteiger partial charge in [-0.05, 0) is 49.2 Å². The second-order valence-electron chi connectivity index (χ2n) is 6.92. The molecule has 0 aliphatic carbocycles. The number of hydrogen-bond donors (Lipinski definition) is 4. The molecule has 4 N–H and O–H groups in total. The third-order valence-electron chi connectivity index (χ3n) is 4.22. The van der Waals surface area contributed by atoms with E-state index in [1.54, 1.807) is 21.3 Å². The molecule has 0 radical (unpaired) electrons. The zero-order valence-corrected chi connectivity index (χ0v) is 20.9. The van der Waals surface area contributed by atoms with Gasteiger partial charge in [0, 0.05) is 31.9 Å². The van der Waals surface area contributed by atoms with Crippen LogP contribution in [0, 0.1) is 0 Å². The number of anilines is 1. The van der Waals surface area contributed by atoms with Crippen molar-refractivity contribution in [3.8, 4) is 11.5 Å². The molecule has 0 unspecified atom stereocenters. The maximum absolute atomic E-state index is 11.8. The topological polar surface area (TPSA) is 96.0 Å². The van der Waals surface area contributed by atoms with Crippen molar-refractivity contribution in [2.75, 3.05) is 26.6 Å². The Kier molecular flexibility index (Phi) is 11.5. The molecule has 0 fully saturated rings. The maximum Gasteiger partial charge on any atom is 0.319 e. The van der Waals surface area contributed by atoms with Crippen LogP contribution in [0.3, 0.4) is 0 Å². The molecule has 0 bridgehead atoms. The zero-order chi connectivity index (χ0) is 21.9. The first-order valence-electron chi connectivity index (χ1n) is 9.77. The van der Waals surface area contributed by atoms with Crippen LogP contribution in [-0.4, -0.2) is 39.3 Å². The summed E-state index contributed by atoms with van der Waals surface area (Å²) in [5.41, 5.74) is 2.86. The number of aliphatic imine (C=N–C) groups is 1. The first-order valence-corrected chi connectivity index (χ1v) is 9.77. The molecule has 2 rings (SSSR count). The summed E-state index contributed by atoms with van der Waals surface area (Å²) in [7, 11) is 4.96. The molecule has 0 aromatic heterocycles. The van der Waals surface area contributed by atoms with Gasteiger partial charge < -0.3 is 30.7 Å². The van der Waals surface area contributed by atoms with E-state index in [2.05, 4.69) is 26.3 Å². The standard InChI is InChI=1S/C22H31N5O3.HI/c1-15(2)26-22(28)27-18-9-6-16(7-10-18)13-24-21(23-3)25-14-17-8-11-19(29-4)20(12-17)30-5;/h6-12,15H,13-14H2,1-5H3,(H2,23,24,25)(H2,26,27,28);1H. The number of amides is 2. The highest BCUT2D eigenvalue weighted by Crippen LogP contribution is 2.27. The monoisotopic (exact) mass is 541 g/mol. The molecule has 2 aromatic carbocycles. The van der Waals surface area contributed by atoms with Crippen molar-refractivity contribution in [2.45, 2.75) is 33.0 Å². The Labute approximate surface area is 201 Å². The normalized spacial score (nSPS) is 10.7. The second kappa shape index (κ2) is 13.6. The molecule has 8 nitrogen and oxygen atoms in total. The molecule has 0 atom stereocenters. The number of guanidine groups is 1. The van der Waals surface area contributed by atoms with Crippen LogP contribution < -0.4 is 30.7 Å². The molecule has 0 aliphatic heterocycles. The van der Waals surface area contributed by atoms with Gasteiger partial charge in [0.15, 0.2) is 17.5 Å². The van der Waals surface area contributed by atoms with Crippen molar-refractivity contribution in [3.63, 3.8) is 0 Å². The van der Waals surface area contributed by atoms with Crippen molar-refractivity contribution in [1.82, 2.24) is 16.0 Å². The van der Waals surface area contributed by atoms with Crippen molar-refractivity contribution < 1.29 is 14.3 Å². The van der Waals surface area contributed by atoms with E-state index < -0.39 is 0 Å². The van der Waals surface area contributed by atoms with Gasteiger partial charge in [0.25, 0.3) is 0 Å². The Bertz CT molecular complexity index is 857. The minimum Gasteiger partial charge on any atom is -0.493 e. The summed E-state index contributed by atoms with van der Waals surface area (Å²) in [6.45, 7) is 5.03. The number of carbonyl (C=O) groups excluding carboxylic acids is 1. The van der Waals surface area contributed by atoms with Gasteiger partial charge in [0.05, 0.1) is 14.2 Å². The average Bonchev–Trinajstić information content (AvgIpc) is 2.74. The molecule has 0 spiro atoms. The summed E-state index contributed by atoms with van der Waals surface area (Å²) in [6, 6.07) is 13.3. The molecule has 0 heterocycles. The van der Waals surface area contributed by atoms with Gasteiger partial charge in [-0.1, -0.05) is 18.2 Å². The quantitative estimate of drug-likeness (QED) is 0.232. The predicted octanol–water partition coefficient (Wildman–Crippen LogP) is 3.72. The van der Waals surface area contributed by atoms with E-state index in [-0.39, 0.29) is 36.0 Å². The van der Waals surface area contributed by atoms with Crippen molar-refractivity contribution in [1.29, 1.82) is 0 Å². The van der Waals surface area contributed by atoms with Crippen LogP contribution in [-0.2, 0) is 13.1 Å². The lowest BCUT2D eigenvalue weighted by atomic mass is 10.2. The number of hydrogen-bond acceptors (Lipinski definition) is 4. The highest BCUT2D eigenvalue weighted by atomic mass is 127. The van der Waals surface area contributed by atoms with Crippen LogP contribution in [0.2, 0.25) is 0 Å². The fourth-order valence-electron chi connectivity index (χ4n) is 2.72. The highest BCUT2D eigenvalue weighted by molar-refractivity contribution is 14.0. The number of nitrogens with one attached hydrogen (secondary N) is 4. The Morgan fingerprint density at radius 3 is 2.06 bits per heavy atom. The fraction of sp³-hybridized carbons (Fsp3) is 0.364. The number of nitrogens with zero attached hydrogens (tertiary/aromatic N) is 1. The lowest BCUT2D eigenvalue weighted by Crippen LogP contribution is -2.36. The van der Waals surface area contributed by atoms with Crippen molar-refractivity contribution >= 4 is 41.7 Å². The first-order chi connectivity index (χ1) is 14.4. The highest BCUT2D eigenvalue weighted by Gasteiger charge is 2.06. The Balaban J connectivity index is 0.00000480. The molecule has 31 heavy (non-hydrogen) atoms. The summed E-state index contributed by atoms with van der Waals surface area (Å²) in [5.74, 6) is 2.07. The minimum atomic E-state index is -0.212. The van der Waals surface area contributed by atoms with Crippen LogP contribution in [0.4, 0.5) is 10.5 Å². The van der Waals surface area contributed by atoms with Gasteiger partial charge in [0.2, 0.25) is 0 Å². The number of urea groups is 1. The maximum atomic E-state index is 11.8. The molecule has 0 aliphatic rings. The fourth-order valence-corrected chi connectivity index (χ4v) is 2.72. The molecular weight excluding hydrogens is 509 g/mol. The second-order valence-corrected chi connectivity index (χ2v) is 6.92. The van der Waals surface area contributed by atoms with E-state index in [4.69, 9.17) is 9.47 Å². The SMILES string of the molecule is CN=C(NCc1ccc(NC(=O)NC(C)C)cc1)NCc1ccc(OC)c(OC)c1.I. The van der Waals surface area contributed by atoms with Crippen molar-refractivity contribution in [2.24, 2.45) is 4.99 Å². The number of methoxy groups -OCH3 is 2. The molecule has 0 saturated heterocycles. The summed E-state index contributed by atoms with van der Waals surface area (Å²) in [4.78, 5) is 16.0. The molecule has 2 amide bonds. The third kappa shape index (κ3) is 8.91. The predicted molar refractivity (Wildman–Crippen MR) is 136 cm³/mol. The molecule has 9 heteroatoms. The number of benzene rings is 2. The largest absolute Gasteiger partial charge is 0.493 e. The van der Waals surface area contributed by atoms with E-state index in [1.807, 2.05) is 56.3 Å². The van der Waals surface area contributed by atoms with Crippen LogP contribution >= 0.6 is 24.0 Å².